The topological polar surface area (TPSA) is 19.9 Å². The number of benzene rings is 3. The summed E-state index contributed by atoms with van der Waals surface area (Å²) in [5.41, 5.74) is 1.52. The minimum absolute atomic E-state index is 0.267. The first-order valence-corrected chi connectivity index (χ1v) is 12.9. The minimum atomic E-state index is -0.446. The van der Waals surface area contributed by atoms with E-state index in [4.69, 9.17) is 4.65 Å². The quantitative estimate of drug-likeness (QED) is 0.127. The third-order valence-corrected chi connectivity index (χ3v) is 7.75. The summed E-state index contributed by atoms with van der Waals surface area (Å²) >= 11 is 3.16. The van der Waals surface area contributed by atoms with Gasteiger partial charge in [0.2, 0.25) is 0 Å². The molecule has 0 atom stereocenters. The second kappa shape index (κ2) is 16.9. The summed E-state index contributed by atoms with van der Waals surface area (Å²) in [4.78, 5) is 0. The summed E-state index contributed by atoms with van der Waals surface area (Å²) in [5, 5.41) is 4.19. The van der Waals surface area contributed by atoms with Crippen LogP contribution in [-0.2, 0) is 20.2 Å². The van der Waals surface area contributed by atoms with Gasteiger partial charge in [-0.1, -0.05) is 91.0 Å². The monoisotopic (exact) mass is 506 g/mol. The first-order valence-electron chi connectivity index (χ1n) is 11.0. The summed E-state index contributed by atoms with van der Waals surface area (Å²) in [6.07, 6.45) is 0. The molecule has 0 N–H and O–H groups in total. The molecule has 0 aliphatic carbocycles. The standard InChI is InChI=1S/C18H15P.C7H12.C5H5.CO.Mn/c1-4-10-16(11-5-1)19(17-12-6-2-7-13-17)18-14-8-3-9-15-18;1-6(2)7(3,4)5;1-2-4-5-3-1;1-2;/h1-15H;1,3-5H3;1-5H;;/q;;-1;;. The van der Waals surface area contributed by atoms with Crippen molar-refractivity contribution in [3.05, 3.63) is 134 Å². The van der Waals surface area contributed by atoms with E-state index < -0.39 is 7.92 Å². The molecule has 0 fully saturated rings. The van der Waals surface area contributed by atoms with Crippen molar-refractivity contribution in [1.29, 1.82) is 0 Å². The molecule has 0 aromatic heterocycles. The number of allylic oxidation sites excluding steroid dienone is 1. The first-order chi connectivity index (χ1) is 16.4. The molecule has 4 aromatic rings. The Kier molecular flexibility index (Phi) is 14.6. The van der Waals surface area contributed by atoms with E-state index in [2.05, 4.69) is 145 Å². The van der Waals surface area contributed by atoms with Gasteiger partial charge < -0.3 is 0 Å². The molecule has 3 heteroatoms. The van der Waals surface area contributed by atoms with Crippen LogP contribution in [0.25, 0.3) is 0 Å². The Bertz CT molecular complexity index is 979. The second-order valence-corrected chi connectivity index (χ2v) is 10.8. The van der Waals surface area contributed by atoms with Gasteiger partial charge in [-0.3, -0.25) is 0 Å². The van der Waals surface area contributed by atoms with Crippen LogP contribution >= 0.6 is 7.92 Å². The fraction of sp³-hybridized carbons (Fsp3) is 0.161. The van der Waals surface area contributed by atoms with Gasteiger partial charge in [0, 0.05) is 0 Å². The minimum Gasteiger partial charge on any atom is -0.214 e. The van der Waals surface area contributed by atoms with Crippen molar-refractivity contribution in [1.82, 2.24) is 0 Å². The van der Waals surface area contributed by atoms with Crippen molar-refractivity contribution in [3.8, 4) is 0 Å². The zero-order valence-corrected chi connectivity index (χ0v) is 22.4. The third-order valence-electron chi connectivity index (χ3n) is 4.87. The summed E-state index contributed by atoms with van der Waals surface area (Å²) in [6, 6.07) is 42.3. The van der Waals surface area contributed by atoms with E-state index in [1.807, 2.05) is 30.3 Å². The van der Waals surface area contributed by atoms with E-state index in [1.54, 1.807) is 0 Å². The maximum atomic E-state index is 7.50. The molecule has 4 aromatic carbocycles. The van der Waals surface area contributed by atoms with Crippen LogP contribution in [0.3, 0.4) is 0 Å². The van der Waals surface area contributed by atoms with Crippen molar-refractivity contribution < 1.29 is 20.2 Å². The van der Waals surface area contributed by atoms with Gasteiger partial charge in [0.1, 0.15) is 0 Å². The molecule has 0 heterocycles. The zero-order valence-electron chi connectivity index (χ0n) is 20.3. The van der Waals surface area contributed by atoms with Crippen LogP contribution in [0, 0.1) is 12.1 Å². The zero-order chi connectivity index (χ0) is 25.2. The van der Waals surface area contributed by atoms with E-state index in [0.717, 1.165) is 0 Å². The van der Waals surface area contributed by atoms with Crippen molar-refractivity contribution in [2.24, 2.45) is 5.41 Å². The largest absolute Gasteiger partial charge is 0.214 e. The van der Waals surface area contributed by atoms with Gasteiger partial charge in [-0.05, 0) is 23.8 Å². The summed E-state index contributed by atoms with van der Waals surface area (Å²) in [6.45, 7) is 13.1. The van der Waals surface area contributed by atoms with Gasteiger partial charge in [-0.15, -0.1) is 0 Å². The first kappa shape index (κ1) is 29.4. The predicted octanol–water partition coefficient (Wildman–Crippen LogP) is 6.74. The smallest absolute Gasteiger partial charge is 0.0134 e. The summed E-state index contributed by atoms with van der Waals surface area (Å²) < 4.78 is 10.4. The van der Waals surface area contributed by atoms with E-state index >= 15 is 0 Å². The molecule has 0 unspecified atom stereocenters. The molecule has 0 amide bonds. The van der Waals surface area contributed by atoms with E-state index in [-0.39, 0.29) is 5.41 Å². The fourth-order valence-corrected chi connectivity index (χ4v) is 5.39. The fourth-order valence-electron chi connectivity index (χ4n) is 2.64. The predicted molar refractivity (Wildman–Crippen MR) is 145 cm³/mol. The maximum Gasteiger partial charge on any atom is -0.0134 e. The van der Waals surface area contributed by atoms with E-state index in [9.17, 15) is 0 Å². The van der Waals surface area contributed by atoms with Crippen molar-refractivity contribution in [3.63, 3.8) is 0 Å². The number of hydrogen-bond acceptors (Lipinski definition) is 0. The maximum absolute atomic E-state index is 7.50. The second-order valence-electron chi connectivity index (χ2n) is 8.27. The SMILES string of the molecule is CC(=[C]=[Mn])C(C)(C)C.[C-]#[O+].c1cc[cH-]c1.c1ccc(P(c2ccccc2)c2ccccc2)cc1. The van der Waals surface area contributed by atoms with Gasteiger partial charge in [-0.2, -0.15) is 18.2 Å². The Morgan fingerprint density at radius 1 is 0.706 bits per heavy atom. The molecule has 0 radical (unpaired) electrons. The molecular formula is C31H32MnOP-. The van der Waals surface area contributed by atoms with Crippen molar-refractivity contribution in [2.75, 3.05) is 0 Å². The van der Waals surface area contributed by atoms with Crippen LogP contribution < -0.4 is 15.9 Å². The van der Waals surface area contributed by atoms with Crippen LogP contribution in [-0.4, -0.2) is 4.58 Å². The van der Waals surface area contributed by atoms with Crippen molar-refractivity contribution in [2.45, 2.75) is 27.7 Å². The van der Waals surface area contributed by atoms with Gasteiger partial charge in [0.15, 0.2) is 0 Å². The molecule has 175 valence electrons. The van der Waals surface area contributed by atoms with E-state index in [0.29, 0.717) is 0 Å². The Labute approximate surface area is 214 Å². The van der Waals surface area contributed by atoms with Crippen molar-refractivity contribution >= 4 is 28.4 Å². The molecule has 0 bridgehead atoms. The third kappa shape index (κ3) is 11.0. The molecule has 1 nitrogen and oxygen atoms in total. The van der Waals surface area contributed by atoms with E-state index in [1.165, 1.54) is 21.5 Å². The van der Waals surface area contributed by atoms with Gasteiger partial charge in [0.25, 0.3) is 0 Å². The van der Waals surface area contributed by atoms with Gasteiger partial charge in [0.05, 0.1) is 0 Å². The molecule has 34 heavy (non-hydrogen) atoms. The molecule has 0 aliphatic heterocycles. The molecule has 4 rings (SSSR count). The Hall–Kier alpha value is -2.65. The van der Waals surface area contributed by atoms with Crippen LogP contribution in [0.1, 0.15) is 27.7 Å². The van der Waals surface area contributed by atoms with Gasteiger partial charge in [-0.25, -0.2) is 12.1 Å². The number of rotatable bonds is 3. The Morgan fingerprint density at radius 3 is 1.21 bits per heavy atom. The summed E-state index contributed by atoms with van der Waals surface area (Å²) in [5.74, 6) is 0. The van der Waals surface area contributed by atoms with Crippen LogP contribution in [0.2, 0.25) is 0 Å². The normalized spacial score (nSPS) is 9.62. The summed E-state index contributed by atoms with van der Waals surface area (Å²) in [7, 11) is -0.446. The average Bonchev–Trinajstić information content (AvgIpc) is 3.47. The molecule has 0 spiro atoms. The Morgan fingerprint density at radius 2 is 1.03 bits per heavy atom. The number of hydrogen-bond donors (Lipinski definition) is 0. The van der Waals surface area contributed by atoms with Gasteiger partial charge >= 0.3 is 70.1 Å². The average molecular weight is 507 g/mol. The molecule has 0 saturated carbocycles. The van der Waals surface area contributed by atoms with Crippen LogP contribution in [0.4, 0.5) is 0 Å². The van der Waals surface area contributed by atoms with Crippen LogP contribution in [0.5, 0.6) is 0 Å². The molecular weight excluding hydrogens is 474 g/mol. The molecule has 0 aliphatic rings. The van der Waals surface area contributed by atoms with Crippen LogP contribution in [0.15, 0.2) is 127 Å². The molecule has 0 saturated heterocycles. The Balaban J connectivity index is 0.000000318.